The van der Waals surface area contributed by atoms with Gasteiger partial charge in [-0.2, -0.15) is 0 Å². The second-order valence-electron chi connectivity index (χ2n) is 9.80. The molecule has 0 bridgehead atoms. The molecule has 0 N–H and O–H groups in total. The van der Waals surface area contributed by atoms with Crippen molar-refractivity contribution in [2.75, 3.05) is 13.6 Å². The topological polar surface area (TPSA) is 37.4 Å². The fraction of sp³-hybridized carbons (Fsp3) is 0.161. The first-order valence-electron chi connectivity index (χ1n) is 11.9. The van der Waals surface area contributed by atoms with Crippen LogP contribution in [0, 0.1) is 0 Å². The maximum Gasteiger partial charge on any atom is 0.193 e. The third-order valence-corrected chi connectivity index (χ3v) is 8.71. The minimum absolute atomic E-state index is 0.108. The number of fused-ring (bicyclic) bond motifs is 7. The summed E-state index contributed by atoms with van der Waals surface area (Å²) in [5, 5.41) is 0.663. The van der Waals surface area contributed by atoms with Gasteiger partial charge in [-0.1, -0.05) is 96.5 Å². The molecule has 0 amide bonds. The van der Waals surface area contributed by atoms with Gasteiger partial charge in [-0.05, 0) is 47.0 Å². The van der Waals surface area contributed by atoms with Gasteiger partial charge in [-0.15, -0.1) is 0 Å². The lowest BCUT2D eigenvalue weighted by Gasteiger charge is -2.45. The number of halogens is 1. The van der Waals surface area contributed by atoms with Crippen molar-refractivity contribution in [3.63, 3.8) is 0 Å². The van der Waals surface area contributed by atoms with Crippen LogP contribution in [-0.2, 0) is 5.41 Å². The summed E-state index contributed by atoms with van der Waals surface area (Å²) in [7, 11) is 1.93. The molecule has 1 atom stereocenters. The van der Waals surface area contributed by atoms with Crippen molar-refractivity contribution in [1.82, 2.24) is 4.90 Å². The highest BCUT2D eigenvalue weighted by Crippen LogP contribution is 2.67. The predicted molar refractivity (Wildman–Crippen MR) is 137 cm³/mol. The van der Waals surface area contributed by atoms with Gasteiger partial charge in [0.1, 0.15) is 0 Å². The number of nitrogens with zero attached hydrogens (tertiary/aromatic N) is 1. The molecule has 0 radical (unpaired) electrons. The molecular weight excluding hydrogens is 454 g/mol. The molecular formula is C31H22ClNO2. The summed E-state index contributed by atoms with van der Waals surface area (Å²) >= 11 is 6.27. The summed E-state index contributed by atoms with van der Waals surface area (Å²) in [6.07, 6.45) is 0. The van der Waals surface area contributed by atoms with E-state index in [9.17, 15) is 9.59 Å². The fourth-order valence-corrected chi connectivity index (χ4v) is 7.39. The van der Waals surface area contributed by atoms with Crippen molar-refractivity contribution >= 4 is 23.2 Å². The zero-order valence-electron chi connectivity index (χ0n) is 19.2. The molecule has 7 rings (SSSR count). The lowest BCUT2D eigenvalue weighted by molar-refractivity contribution is 0.0549. The lowest BCUT2D eigenvalue weighted by atomic mass is 9.56. The number of hydrogen-bond donors (Lipinski definition) is 0. The third-order valence-electron chi connectivity index (χ3n) is 8.46. The molecule has 4 aromatic carbocycles. The summed E-state index contributed by atoms with van der Waals surface area (Å²) in [5.74, 6) is -0.344. The monoisotopic (exact) mass is 475 g/mol. The summed E-state index contributed by atoms with van der Waals surface area (Å²) in [6.45, 7) is 0.565. The van der Waals surface area contributed by atoms with Gasteiger partial charge in [-0.25, -0.2) is 0 Å². The summed E-state index contributed by atoms with van der Waals surface area (Å²) < 4.78 is 0. The van der Waals surface area contributed by atoms with Crippen molar-refractivity contribution in [1.29, 1.82) is 0 Å². The molecule has 0 unspecified atom stereocenters. The summed E-state index contributed by atoms with van der Waals surface area (Å²) in [4.78, 5) is 31.2. The zero-order chi connectivity index (χ0) is 23.9. The van der Waals surface area contributed by atoms with Gasteiger partial charge in [0.2, 0.25) is 0 Å². The van der Waals surface area contributed by atoms with Crippen molar-refractivity contribution in [2.24, 2.45) is 0 Å². The number of likely N-dealkylation sites (N-methyl/N-ethyl adjacent to an activating group) is 1. The first-order chi connectivity index (χ1) is 17.0. The zero-order valence-corrected chi connectivity index (χ0v) is 19.9. The summed E-state index contributed by atoms with van der Waals surface area (Å²) in [6, 6.07) is 31.7. The molecule has 2 aliphatic carbocycles. The van der Waals surface area contributed by atoms with Crippen molar-refractivity contribution in [3.8, 4) is 11.1 Å². The number of likely N-dealkylation sites (tertiary alicyclic amines) is 1. The third kappa shape index (κ3) is 2.26. The SMILES string of the molecule is CN1C[C@H](c2ccc(Cl)cc2)C2(c3ccccc3-c3ccccc32)C12C(=O)c1ccccc1C2=O. The molecule has 4 heteroatoms. The van der Waals surface area contributed by atoms with Crippen LogP contribution in [0.2, 0.25) is 5.02 Å². The van der Waals surface area contributed by atoms with Crippen LogP contribution in [0.5, 0.6) is 0 Å². The number of carbonyl (C=O) groups is 2. The minimum Gasteiger partial charge on any atom is -0.291 e. The van der Waals surface area contributed by atoms with E-state index in [2.05, 4.69) is 24.3 Å². The Balaban J connectivity index is 1.65. The summed E-state index contributed by atoms with van der Waals surface area (Å²) in [5.41, 5.74) is 4.12. The highest BCUT2D eigenvalue weighted by atomic mass is 35.5. The smallest absolute Gasteiger partial charge is 0.193 e. The van der Waals surface area contributed by atoms with Crippen LogP contribution in [-0.4, -0.2) is 35.6 Å². The van der Waals surface area contributed by atoms with Gasteiger partial charge in [0.05, 0.1) is 5.41 Å². The van der Waals surface area contributed by atoms with Crippen LogP contribution < -0.4 is 0 Å². The molecule has 1 fully saturated rings. The van der Waals surface area contributed by atoms with E-state index in [1.165, 1.54) is 0 Å². The number of benzene rings is 4. The first kappa shape index (κ1) is 20.8. The molecule has 1 heterocycles. The Bertz CT molecular complexity index is 1470. The molecule has 2 spiro atoms. The molecule has 0 saturated carbocycles. The number of hydrogen-bond acceptors (Lipinski definition) is 3. The van der Waals surface area contributed by atoms with Gasteiger partial charge in [0.15, 0.2) is 17.1 Å². The Morgan fingerprint density at radius 2 is 1.14 bits per heavy atom. The number of rotatable bonds is 1. The van der Waals surface area contributed by atoms with Crippen molar-refractivity contribution in [3.05, 3.63) is 130 Å². The van der Waals surface area contributed by atoms with Gasteiger partial charge >= 0.3 is 0 Å². The number of ketones is 2. The van der Waals surface area contributed by atoms with E-state index in [0.717, 1.165) is 27.8 Å². The minimum atomic E-state index is -1.37. The van der Waals surface area contributed by atoms with E-state index in [0.29, 0.717) is 22.7 Å². The van der Waals surface area contributed by atoms with E-state index in [-0.39, 0.29) is 17.5 Å². The van der Waals surface area contributed by atoms with E-state index < -0.39 is 11.0 Å². The maximum absolute atomic E-state index is 14.6. The molecule has 170 valence electrons. The Labute approximate surface area is 209 Å². The van der Waals surface area contributed by atoms with Crippen LogP contribution in [0.15, 0.2) is 97.1 Å². The van der Waals surface area contributed by atoms with Crippen LogP contribution in [0.25, 0.3) is 11.1 Å². The molecule has 0 aromatic heterocycles. The largest absolute Gasteiger partial charge is 0.291 e. The van der Waals surface area contributed by atoms with Crippen LogP contribution >= 0.6 is 11.6 Å². The normalized spacial score (nSPS) is 20.9. The molecule has 35 heavy (non-hydrogen) atoms. The Morgan fingerprint density at radius 3 is 1.66 bits per heavy atom. The lowest BCUT2D eigenvalue weighted by Crippen LogP contribution is -2.63. The molecule has 4 aromatic rings. The second-order valence-corrected chi connectivity index (χ2v) is 10.2. The maximum atomic E-state index is 14.6. The van der Waals surface area contributed by atoms with Crippen molar-refractivity contribution in [2.45, 2.75) is 16.9 Å². The van der Waals surface area contributed by atoms with Gasteiger partial charge < -0.3 is 0 Å². The molecule has 3 nitrogen and oxygen atoms in total. The average molecular weight is 476 g/mol. The van der Waals surface area contributed by atoms with Crippen molar-refractivity contribution < 1.29 is 9.59 Å². The van der Waals surface area contributed by atoms with Crippen LogP contribution in [0.3, 0.4) is 0 Å². The molecule has 1 aliphatic heterocycles. The van der Waals surface area contributed by atoms with Gasteiger partial charge in [-0.3, -0.25) is 14.5 Å². The van der Waals surface area contributed by atoms with Gasteiger partial charge in [0.25, 0.3) is 0 Å². The van der Waals surface area contributed by atoms with E-state index >= 15 is 0 Å². The van der Waals surface area contributed by atoms with E-state index in [4.69, 9.17) is 11.6 Å². The Kier molecular flexibility index (Phi) is 4.16. The highest BCUT2D eigenvalue weighted by molar-refractivity contribution is 6.35. The standard InChI is InChI=1S/C31H22ClNO2/c1-33-18-27(19-14-16-20(32)17-15-19)30(31(33)28(34)23-10-2-3-11-24(23)29(31)35)25-12-6-4-8-21(25)22-9-5-7-13-26(22)30/h2-17,27H,18H2,1H3/t27-/m1/s1. The number of Topliss-reactive ketones (excluding diaryl/α,β-unsaturated/α-hetero) is 2. The van der Waals surface area contributed by atoms with Crippen LogP contribution in [0.4, 0.5) is 0 Å². The quantitative estimate of drug-likeness (QED) is 0.310. The predicted octanol–water partition coefficient (Wildman–Crippen LogP) is 6.15. The Hall–Kier alpha value is -3.53. The van der Waals surface area contributed by atoms with Crippen LogP contribution in [0.1, 0.15) is 43.3 Å². The van der Waals surface area contributed by atoms with Gasteiger partial charge in [0, 0.05) is 28.6 Å². The van der Waals surface area contributed by atoms with E-state index in [1.807, 2.05) is 72.6 Å². The second kappa shape index (κ2) is 7.00. The fourth-order valence-electron chi connectivity index (χ4n) is 7.26. The average Bonchev–Trinajstić information content (AvgIpc) is 3.43. The number of carbonyl (C=O) groups excluding carboxylic acids is 2. The highest BCUT2D eigenvalue weighted by Gasteiger charge is 2.76. The molecule has 1 saturated heterocycles. The Morgan fingerprint density at radius 1 is 0.686 bits per heavy atom. The van der Waals surface area contributed by atoms with E-state index in [1.54, 1.807) is 12.1 Å². The molecule has 3 aliphatic rings. The first-order valence-corrected chi connectivity index (χ1v) is 12.3.